The topological polar surface area (TPSA) is 58.6 Å². The highest BCUT2D eigenvalue weighted by atomic mass is 19.1. The molecule has 1 fully saturated rings. The van der Waals surface area contributed by atoms with E-state index in [9.17, 15) is 14.0 Å². The van der Waals surface area contributed by atoms with Crippen LogP contribution in [0.5, 0.6) is 0 Å². The third-order valence-electron chi connectivity index (χ3n) is 5.05. The molecule has 2 aromatic carbocycles. The van der Waals surface area contributed by atoms with Crippen LogP contribution in [-0.2, 0) is 22.4 Å². The fourth-order valence-electron chi connectivity index (χ4n) is 3.64. The van der Waals surface area contributed by atoms with Crippen molar-refractivity contribution in [1.82, 2.24) is 4.90 Å². The van der Waals surface area contributed by atoms with Gasteiger partial charge in [0.25, 0.3) is 5.91 Å². The van der Waals surface area contributed by atoms with E-state index in [-0.39, 0.29) is 23.5 Å². The molecule has 0 aliphatic carbocycles. The number of nitrogens with zero attached hydrogens (tertiary/aromatic N) is 1. The number of carbonyl (C=O) groups is 2. The first-order chi connectivity index (χ1) is 13.1. The molecule has 2 amide bonds. The van der Waals surface area contributed by atoms with Gasteiger partial charge in [-0.05, 0) is 29.7 Å². The highest BCUT2D eigenvalue weighted by molar-refractivity contribution is 5.98. The maximum absolute atomic E-state index is 14.5. The standard InChI is InChI=1S/C21H21FN2O3/c22-18-12-19-15(6-7-20(25)23-19)11-17(18)21(26)24-8-9-27-16(13-24)10-14-4-2-1-3-5-14/h1-5,11-12,16H,6-10,13H2,(H,23,25). The number of hydrogen-bond acceptors (Lipinski definition) is 3. The quantitative estimate of drug-likeness (QED) is 0.906. The molecular formula is C21H21FN2O3. The van der Waals surface area contributed by atoms with Crippen LogP contribution in [0.1, 0.15) is 27.9 Å². The first-order valence-electron chi connectivity index (χ1n) is 9.17. The highest BCUT2D eigenvalue weighted by Crippen LogP contribution is 2.27. The molecule has 27 heavy (non-hydrogen) atoms. The van der Waals surface area contributed by atoms with Crippen LogP contribution >= 0.6 is 0 Å². The average Bonchev–Trinajstić information content (AvgIpc) is 2.68. The monoisotopic (exact) mass is 368 g/mol. The Morgan fingerprint density at radius 2 is 2.04 bits per heavy atom. The van der Waals surface area contributed by atoms with E-state index in [1.165, 1.54) is 6.07 Å². The van der Waals surface area contributed by atoms with Crippen LogP contribution in [0.3, 0.4) is 0 Å². The molecule has 1 saturated heterocycles. The molecule has 0 bridgehead atoms. The van der Waals surface area contributed by atoms with Gasteiger partial charge >= 0.3 is 0 Å². The number of halogens is 1. The first kappa shape index (κ1) is 17.7. The van der Waals surface area contributed by atoms with Gasteiger partial charge in [0.1, 0.15) is 5.82 Å². The summed E-state index contributed by atoms with van der Waals surface area (Å²) in [5.41, 5.74) is 2.47. The van der Waals surface area contributed by atoms with E-state index in [1.807, 2.05) is 30.3 Å². The van der Waals surface area contributed by atoms with E-state index in [1.54, 1.807) is 11.0 Å². The number of nitrogens with one attached hydrogen (secondary N) is 1. The van der Waals surface area contributed by atoms with Gasteiger partial charge in [0.2, 0.25) is 5.91 Å². The molecule has 0 spiro atoms. The molecule has 6 heteroatoms. The normalized spacial score (nSPS) is 19.4. The fraction of sp³-hybridized carbons (Fsp3) is 0.333. The van der Waals surface area contributed by atoms with Crippen LogP contribution in [0, 0.1) is 5.82 Å². The van der Waals surface area contributed by atoms with Crippen molar-refractivity contribution in [3.05, 3.63) is 65.0 Å². The number of ether oxygens (including phenoxy) is 1. The lowest BCUT2D eigenvalue weighted by Crippen LogP contribution is -2.46. The van der Waals surface area contributed by atoms with Gasteiger partial charge in [-0.15, -0.1) is 0 Å². The second-order valence-electron chi connectivity index (χ2n) is 6.97. The molecular weight excluding hydrogens is 347 g/mol. The van der Waals surface area contributed by atoms with Gasteiger partial charge in [-0.2, -0.15) is 0 Å². The van der Waals surface area contributed by atoms with Crippen molar-refractivity contribution in [3.63, 3.8) is 0 Å². The molecule has 2 aliphatic heterocycles. The van der Waals surface area contributed by atoms with Gasteiger partial charge in [0, 0.05) is 31.6 Å². The lowest BCUT2D eigenvalue weighted by molar-refractivity contribution is -0.116. The third kappa shape index (κ3) is 3.85. The average molecular weight is 368 g/mol. The second-order valence-corrected chi connectivity index (χ2v) is 6.97. The summed E-state index contributed by atoms with van der Waals surface area (Å²) in [6.45, 7) is 1.31. The molecule has 1 atom stereocenters. The minimum absolute atomic E-state index is 0.0604. The largest absolute Gasteiger partial charge is 0.374 e. The molecule has 1 N–H and O–H groups in total. The lowest BCUT2D eigenvalue weighted by atomic mass is 9.99. The maximum Gasteiger partial charge on any atom is 0.257 e. The van der Waals surface area contributed by atoms with Gasteiger partial charge in [-0.3, -0.25) is 9.59 Å². The smallest absolute Gasteiger partial charge is 0.257 e. The molecule has 4 rings (SSSR count). The van der Waals surface area contributed by atoms with Crippen LogP contribution < -0.4 is 5.32 Å². The van der Waals surface area contributed by atoms with E-state index < -0.39 is 5.82 Å². The summed E-state index contributed by atoms with van der Waals surface area (Å²) in [6, 6.07) is 12.8. The predicted octanol–water partition coefficient (Wildman–Crippen LogP) is 2.79. The summed E-state index contributed by atoms with van der Waals surface area (Å²) < 4.78 is 20.3. The maximum atomic E-state index is 14.5. The Morgan fingerprint density at radius 1 is 1.22 bits per heavy atom. The van der Waals surface area contributed by atoms with Crippen molar-refractivity contribution in [2.24, 2.45) is 0 Å². The van der Waals surface area contributed by atoms with Crippen LogP contribution in [-0.4, -0.2) is 42.5 Å². The second kappa shape index (κ2) is 7.48. The summed E-state index contributed by atoms with van der Waals surface area (Å²) in [6.07, 6.45) is 1.47. The number of hydrogen-bond donors (Lipinski definition) is 1. The number of rotatable bonds is 3. The summed E-state index contributed by atoms with van der Waals surface area (Å²) in [5.74, 6) is -1.06. The SMILES string of the molecule is O=C1CCc2cc(C(=O)N3CCOC(Cc4ccccc4)C3)c(F)cc2N1. The summed E-state index contributed by atoms with van der Waals surface area (Å²) in [5, 5.41) is 2.66. The molecule has 2 heterocycles. The van der Waals surface area contributed by atoms with Gasteiger partial charge in [0.15, 0.2) is 0 Å². The molecule has 5 nitrogen and oxygen atoms in total. The molecule has 0 aromatic heterocycles. The van der Waals surface area contributed by atoms with E-state index >= 15 is 0 Å². The minimum Gasteiger partial charge on any atom is -0.374 e. The summed E-state index contributed by atoms with van der Waals surface area (Å²) in [4.78, 5) is 26.0. The van der Waals surface area contributed by atoms with Crippen molar-refractivity contribution >= 4 is 17.5 Å². The Labute approximate surface area is 157 Å². The Morgan fingerprint density at radius 3 is 2.85 bits per heavy atom. The van der Waals surface area contributed by atoms with E-state index in [2.05, 4.69) is 5.32 Å². The minimum atomic E-state index is -0.605. The van der Waals surface area contributed by atoms with Crippen molar-refractivity contribution in [2.75, 3.05) is 25.0 Å². The number of fused-ring (bicyclic) bond motifs is 1. The zero-order chi connectivity index (χ0) is 18.8. The van der Waals surface area contributed by atoms with Gasteiger partial charge in [0.05, 0.1) is 18.3 Å². The van der Waals surface area contributed by atoms with Crippen LogP contribution in [0.2, 0.25) is 0 Å². The summed E-state index contributed by atoms with van der Waals surface area (Å²) in [7, 11) is 0. The highest BCUT2D eigenvalue weighted by Gasteiger charge is 2.28. The van der Waals surface area contributed by atoms with Crippen LogP contribution in [0.25, 0.3) is 0 Å². The lowest BCUT2D eigenvalue weighted by Gasteiger charge is -2.33. The fourth-order valence-corrected chi connectivity index (χ4v) is 3.64. The van der Waals surface area contributed by atoms with E-state index in [4.69, 9.17) is 4.74 Å². The van der Waals surface area contributed by atoms with Gasteiger partial charge < -0.3 is 15.0 Å². The Hall–Kier alpha value is -2.73. The predicted molar refractivity (Wildman–Crippen MR) is 99.1 cm³/mol. The number of morpholine rings is 1. The van der Waals surface area contributed by atoms with Crippen molar-refractivity contribution < 1.29 is 18.7 Å². The van der Waals surface area contributed by atoms with Crippen molar-refractivity contribution in [3.8, 4) is 0 Å². The van der Waals surface area contributed by atoms with Crippen molar-refractivity contribution in [2.45, 2.75) is 25.4 Å². The first-order valence-corrected chi connectivity index (χ1v) is 9.17. The van der Waals surface area contributed by atoms with E-state index in [0.29, 0.717) is 44.6 Å². The molecule has 1 unspecified atom stereocenters. The van der Waals surface area contributed by atoms with Crippen molar-refractivity contribution in [1.29, 1.82) is 0 Å². The van der Waals surface area contributed by atoms with Gasteiger partial charge in [-0.25, -0.2) is 4.39 Å². The third-order valence-corrected chi connectivity index (χ3v) is 5.05. The number of anilines is 1. The van der Waals surface area contributed by atoms with Crippen LogP contribution in [0.4, 0.5) is 10.1 Å². The molecule has 140 valence electrons. The number of carbonyl (C=O) groups excluding carboxylic acids is 2. The Balaban J connectivity index is 1.50. The molecule has 0 saturated carbocycles. The Kier molecular flexibility index (Phi) is 4.90. The zero-order valence-electron chi connectivity index (χ0n) is 14.9. The van der Waals surface area contributed by atoms with E-state index in [0.717, 1.165) is 11.1 Å². The molecule has 0 radical (unpaired) electrons. The van der Waals surface area contributed by atoms with Gasteiger partial charge in [-0.1, -0.05) is 30.3 Å². The van der Waals surface area contributed by atoms with Crippen LogP contribution in [0.15, 0.2) is 42.5 Å². The number of benzene rings is 2. The number of aryl methyl sites for hydroxylation is 1. The summed E-state index contributed by atoms with van der Waals surface area (Å²) >= 11 is 0. The number of amides is 2. The molecule has 2 aromatic rings. The molecule has 2 aliphatic rings. The Bertz CT molecular complexity index is 869. The zero-order valence-corrected chi connectivity index (χ0v) is 14.9.